The maximum atomic E-state index is 11.1. The van der Waals surface area contributed by atoms with Gasteiger partial charge < -0.3 is 16.4 Å². The molecule has 0 saturated heterocycles. The van der Waals surface area contributed by atoms with Gasteiger partial charge in [-0.15, -0.1) is 0 Å². The molecule has 5 heteroatoms. The van der Waals surface area contributed by atoms with E-state index in [1.54, 1.807) is 7.05 Å². The van der Waals surface area contributed by atoms with Crippen LogP contribution in [0.5, 0.6) is 0 Å². The molecule has 0 atom stereocenters. The van der Waals surface area contributed by atoms with Crippen LogP contribution in [0.25, 0.3) is 0 Å². The van der Waals surface area contributed by atoms with Crippen LogP contribution in [0.2, 0.25) is 0 Å². The number of guanidine groups is 1. The number of carbonyl (C=O) groups excluding carboxylic acids is 1. The summed E-state index contributed by atoms with van der Waals surface area (Å²) in [6.45, 7) is 4.36. The number of hydrogen-bond acceptors (Lipinski definition) is 2. The Balaban J connectivity index is 3.48. The summed E-state index contributed by atoms with van der Waals surface area (Å²) in [6.07, 6.45) is 0.411. The highest BCUT2D eigenvalue weighted by Crippen LogP contribution is 1.81. The Morgan fingerprint density at radius 3 is 2.62 bits per heavy atom. The summed E-state index contributed by atoms with van der Waals surface area (Å²) in [6, 6.07) is 0.185. The van der Waals surface area contributed by atoms with Gasteiger partial charge in [0.25, 0.3) is 0 Å². The number of aliphatic imine (C=N–C) groups is 1. The molecule has 13 heavy (non-hydrogen) atoms. The largest absolute Gasteiger partial charge is 0.370 e. The second kappa shape index (κ2) is 6.28. The second-order valence-electron chi connectivity index (χ2n) is 3.01. The molecule has 0 radical (unpaired) electrons. The van der Waals surface area contributed by atoms with Gasteiger partial charge in [-0.1, -0.05) is 0 Å². The predicted octanol–water partition coefficient (Wildman–Crippen LogP) is -0.565. The van der Waals surface area contributed by atoms with E-state index >= 15 is 0 Å². The van der Waals surface area contributed by atoms with Crippen LogP contribution in [0, 0.1) is 0 Å². The lowest BCUT2D eigenvalue weighted by Crippen LogP contribution is -2.36. The topological polar surface area (TPSA) is 79.5 Å². The van der Waals surface area contributed by atoms with E-state index in [9.17, 15) is 4.79 Å². The number of amides is 1. The third-order valence-corrected chi connectivity index (χ3v) is 1.35. The van der Waals surface area contributed by atoms with Crippen LogP contribution < -0.4 is 16.4 Å². The zero-order chi connectivity index (χ0) is 10.3. The number of nitrogens with zero attached hydrogens (tertiary/aromatic N) is 1. The van der Waals surface area contributed by atoms with Crippen molar-refractivity contribution in [3.63, 3.8) is 0 Å². The fraction of sp³-hybridized carbons (Fsp3) is 0.750. The molecule has 0 saturated carbocycles. The Hall–Kier alpha value is -1.26. The number of rotatable bonds is 4. The Bertz CT molecular complexity index is 189. The molecule has 0 aromatic carbocycles. The van der Waals surface area contributed by atoms with Gasteiger partial charge in [0.15, 0.2) is 5.96 Å². The molecule has 0 bridgehead atoms. The molecule has 0 unspecified atom stereocenters. The molecule has 0 aliphatic carbocycles. The van der Waals surface area contributed by atoms with E-state index in [0.717, 1.165) is 0 Å². The van der Waals surface area contributed by atoms with Crippen molar-refractivity contribution in [2.75, 3.05) is 13.6 Å². The summed E-state index contributed by atoms with van der Waals surface area (Å²) < 4.78 is 0. The fourth-order valence-corrected chi connectivity index (χ4v) is 0.777. The van der Waals surface area contributed by atoms with Crippen molar-refractivity contribution in [2.45, 2.75) is 26.3 Å². The maximum Gasteiger partial charge on any atom is 0.221 e. The number of carbonyl (C=O) groups is 1. The second-order valence-corrected chi connectivity index (χ2v) is 3.01. The van der Waals surface area contributed by atoms with Gasteiger partial charge in [0.2, 0.25) is 5.91 Å². The van der Waals surface area contributed by atoms with E-state index in [0.29, 0.717) is 18.9 Å². The Labute approximate surface area is 78.8 Å². The van der Waals surface area contributed by atoms with Crippen LogP contribution in [-0.4, -0.2) is 31.5 Å². The lowest BCUT2D eigenvalue weighted by atomic mass is 10.3. The van der Waals surface area contributed by atoms with Crippen molar-refractivity contribution in [3.8, 4) is 0 Å². The molecule has 4 N–H and O–H groups in total. The molecule has 0 aromatic heterocycles. The summed E-state index contributed by atoms with van der Waals surface area (Å²) in [7, 11) is 1.59. The van der Waals surface area contributed by atoms with Gasteiger partial charge >= 0.3 is 0 Å². The molecular weight excluding hydrogens is 168 g/mol. The zero-order valence-electron chi connectivity index (χ0n) is 8.42. The zero-order valence-corrected chi connectivity index (χ0v) is 8.42. The highest BCUT2D eigenvalue weighted by molar-refractivity contribution is 5.79. The summed E-state index contributed by atoms with van der Waals surface area (Å²) in [5.74, 6) is 0.378. The first-order valence-corrected chi connectivity index (χ1v) is 4.31. The molecule has 0 fully saturated rings. The van der Waals surface area contributed by atoms with Crippen molar-refractivity contribution in [3.05, 3.63) is 0 Å². The van der Waals surface area contributed by atoms with Crippen molar-refractivity contribution in [1.82, 2.24) is 10.6 Å². The third-order valence-electron chi connectivity index (χ3n) is 1.35. The summed E-state index contributed by atoms with van der Waals surface area (Å²) in [5.41, 5.74) is 5.37. The number of hydrogen-bond donors (Lipinski definition) is 3. The van der Waals surface area contributed by atoms with Gasteiger partial charge in [0, 0.05) is 26.1 Å². The van der Waals surface area contributed by atoms with Gasteiger partial charge in [0.1, 0.15) is 0 Å². The van der Waals surface area contributed by atoms with Gasteiger partial charge in [-0.2, -0.15) is 0 Å². The summed E-state index contributed by atoms with van der Waals surface area (Å²) >= 11 is 0. The van der Waals surface area contributed by atoms with Crippen molar-refractivity contribution in [1.29, 1.82) is 0 Å². The highest BCUT2D eigenvalue weighted by atomic mass is 16.1. The van der Waals surface area contributed by atoms with E-state index in [-0.39, 0.29) is 11.9 Å². The Morgan fingerprint density at radius 1 is 1.54 bits per heavy atom. The predicted molar refractivity (Wildman–Crippen MR) is 53.4 cm³/mol. The number of nitrogens with two attached hydrogens (primary N) is 1. The Morgan fingerprint density at radius 2 is 2.15 bits per heavy atom. The molecule has 0 aromatic rings. The minimum atomic E-state index is 0.0198. The lowest BCUT2D eigenvalue weighted by molar-refractivity contribution is -0.121. The molecular formula is C8H18N4O. The average Bonchev–Trinajstić information content (AvgIpc) is 2.02. The molecule has 76 valence electrons. The molecule has 0 aliphatic rings. The van der Waals surface area contributed by atoms with E-state index < -0.39 is 0 Å². The van der Waals surface area contributed by atoms with Crippen molar-refractivity contribution in [2.24, 2.45) is 10.7 Å². The van der Waals surface area contributed by atoms with Gasteiger partial charge in [0.05, 0.1) is 0 Å². The fourth-order valence-electron chi connectivity index (χ4n) is 0.777. The molecule has 0 spiro atoms. The molecule has 0 aliphatic heterocycles. The van der Waals surface area contributed by atoms with Gasteiger partial charge in [-0.05, 0) is 13.8 Å². The maximum absolute atomic E-state index is 11.1. The van der Waals surface area contributed by atoms with Gasteiger partial charge in [-0.25, -0.2) is 0 Å². The minimum Gasteiger partial charge on any atom is -0.370 e. The van der Waals surface area contributed by atoms with Crippen LogP contribution in [0.15, 0.2) is 4.99 Å². The first kappa shape index (κ1) is 11.7. The average molecular weight is 186 g/mol. The van der Waals surface area contributed by atoms with Crippen LogP contribution in [0.1, 0.15) is 20.3 Å². The van der Waals surface area contributed by atoms with Crippen molar-refractivity contribution < 1.29 is 4.79 Å². The smallest absolute Gasteiger partial charge is 0.221 e. The lowest BCUT2D eigenvalue weighted by Gasteiger charge is -2.08. The molecule has 0 rings (SSSR count). The van der Waals surface area contributed by atoms with Gasteiger partial charge in [-0.3, -0.25) is 9.79 Å². The number of nitrogens with one attached hydrogen (secondary N) is 2. The SMILES string of the molecule is CN=C(N)NCCC(=O)NC(C)C. The van der Waals surface area contributed by atoms with E-state index in [4.69, 9.17) is 5.73 Å². The standard InChI is InChI=1S/C8H18N4O/c1-6(2)12-7(13)4-5-11-8(9)10-3/h6H,4-5H2,1-3H3,(H,12,13)(H3,9,10,11). The molecule has 5 nitrogen and oxygen atoms in total. The quantitative estimate of drug-likeness (QED) is 0.406. The van der Waals surface area contributed by atoms with Crippen LogP contribution in [-0.2, 0) is 4.79 Å². The van der Waals surface area contributed by atoms with E-state index in [1.807, 2.05) is 13.8 Å². The van der Waals surface area contributed by atoms with Crippen LogP contribution in [0.4, 0.5) is 0 Å². The van der Waals surface area contributed by atoms with E-state index in [1.165, 1.54) is 0 Å². The Kier molecular flexibility index (Phi) is 5.67. The summed E-state index contributed by atoms with van der Waals surface area (Å²) in [4.78, 5) is 14.8. The molecule has 0 heterocycles. The highest BCUT2D eigenvalue weighted by Gasteiger charge is 2.01. The minimum absolute atomic E-state index is 0.0198. The molecule has 1 amide bonds. The van der Waals surface area contributed by atoms with Crippen molar-refractivity contribution >= 4 is 11.9 Å². The first-order chi connectivity index (χ1) is 6.06. The van der Waals surface area contributed by atoms with E-state index in [2.05, 4.69) is 15.6 Å². The normalized spacial score (nSPS) is 11.5. The van der Waals surface area contributed by atoms with Crippen LogP contribution >= 0.6 is 0 Å². The van der Waals surface area contributed by atoms with Crippen LogP contribution in [0.3, 0.4) is 0 Å². The first-order valence-electron chi connectivity index (χ1n) is 4.31. The monoisotopic (exact) mass is 186 g/mol. The summed E-state index contributed by atoms with van der Waals surface area (Å²) in [5, 5.41) is 5.58. The third kappa shape index (κ3) is 7.11.